The highest BCUT2D eigenvalue weighted by Crippen LogP contribution is 2.27. The van der Waals surface area contributed by atoms with Gasteiger partial charge in [-0.3, -0.25) is 19.3 Å². The minimum Gasteiger partial charge on any atom is -0.465 e. The van der Waals surface area contributed by atoms with Gasteiger partial charge in [-0.15, -0.1) is 0 Å². The van der Waals surface area contributed by atoms with E-state index in [1.807, 2.05) is 0 Å². The average Bonchev–Trinajstić information content (AvgIpc) is 3.45. The molecule has 0 bridgehead atoms. The van der Waals surface area contributed by atoms with E-state index in [0.717, 1.165) is 17.7 Å². The average molecular weight is 466 g/mol. The molecule has 4 rings (SSSR count). The van der Waals surface area contributed by atoms with Crippen LogP contribution in [0.5, 0.6) is 0 Å². The zero-order chi connectivity index (χ0) is 24.4. The van der Waals surface area contributed by atoms with Crippen molar-refractivity contribution in [3.63, 3.8) is 0 Å². The fourth-order valence-electron chi connectivity index (χ4n) is 3.96. The summed E-state index contributed by atoms with van der Waals surface area (Å²) in [6.07, 6.45) is 1.47. The monoisotopic (exact) mass is 466 g/mol. The number of nitrogens with zero attached hydrogens (tertiary/aromatic N) is 1. The van der Waals surface area contributed by atoms with Crippen molar-refractivity contribution in [3.05, 3.63) is 64.2 Å². The Kier molecular flexibility index (Phi) is 6.42. The third kappa shape index (κ3) is 4.40. The molecule has 2 heterocycles. The molecule has 2 aromatic carbocycles. The highest BCUT2D eigenvalue weighted by molar-refractivity contribution is 6.22. The molecule has 10 heteroatoms. The lowest BCUT2D eigenvalue weighted by Gasteiger charge is -2.17. The van der Waals surface area contributed by atoms with Crippen LogP contribution in [-0.4, -0.2) is 68.0 Å². The van der Waals surface area contributed by atoms with Gasteiger partial charge >= 0.3 is 11.9 Å². The molecule has 2 aliphatic rings. The molecule has 34 heavy (non-hydrogen) atoms. The Balaban J connectivity index is 1.57. The Morgan fingerprint density at radius 2 is 1.59 bits per heavy atom. The van der Waals surface area contributed by atoms with Crippen molar-refractivity contribution in [2.45, 2.75) is 18.9 Å². The topological polar surface area (TPSA) is 128 Å². The smallest absolute Gasteiger partial charge is 0.337 e. The van der Waals surface area contributed by atoms with E-state index in [2.05, 4.69) is 5.32 Å². The van der Waals surface area contributed by atoms with Gasteiger partial charge in [-0.2, -0.15) is 0 Å². The van der Waals surface area contributed by atoms with Crippen molar-refractivity contribution >= 4 is 35.3 Å². The van der Waals surface area contributed by atoms with E-state index in [1.165, 1.54) is 50.6 Å². The van der Waals surface area contributed by atoms with Crippen molar-refractivity contribution in [1.82, 2.24) is 4.90 Å². The summed E-state index contributed by atoms with van der Waals surface area (Å²) < 4.78 is 14.9. The van der Waals surface area contributed by atoms with Gasteiger partial charge in [0.15, 0.2) is 0 Å². The molecule has 1 saturated heterocycles. The molecule has 1 N–H and O–H groups in total. The first-order valence-electron chi connectivity index (χ1n) is 10.6. The van der Waals surface area contributed by atoms with Crippen LogP contribution in [0.3, 0.4) is 0 Å². The molecule has 3 amide bonds. The third-order valence-electron chi connectivity index (χ3n) is 5.68. The van der Waals surface area contributed by atoms with Gasteiger partial charge in [0.05, 0.1) is 49.1 Å². The van der Waals surface area contributed by atoms with Gasteiger partial charge in [0.2, 0.25) is 0 Å². The molecule has 1 atom stereocenters. The molecule has 10 nitrogen and oxygen atoms in total. The number of amides is 3. The van der Waals surface area contributed by atoms with Crippen LogP contribution in [-0.2, 0) is 14.2 Å². The van der Waals surface area contributed by atoms with E-state index in [-0.39, 0.29) is 46.2 Å². The van der Waals surface area contributed by atoms with Gasteiger partial charge in [0.1, 0.15) is 0 Å². The summed E-state index contributed by atoms with van der Waals surface area (Å²) >= 11 is 0. The Bertz CT molecular complexity index is 1170. The second kappa shape index (κ2) is 9.44. The van der Waals surface area contributed by atoms with Gasteiger partial charge in [0, 0.05) is 17.9 Å². The maximum atomic E-state index is 12.9. The van der Waals surface area contributed by atoms with E-state index in [4.69, 9.17) is 14.2 Å². The van der Waals surface area contributed by atoms with E-state index < -0.39 is 29.7 Å². The van der Waals surface area contributed by atoms with Gasteiger partial charge in [-0.1, -0.05) is 0 Å². The van der Waals surface area contributed by atoms with Crippen LogP contribution in [0.15, 0.2) is 36.4 Å². The molecular weight excluding hydrogens is 444 g/mol. The second-order valence-corrected chi connectivity index (χ2v) is 7.85. The molecule has 1 unspecified atom stereocenters. The van der Waals surface area contributed by atoms with Crippen LogP contribution in [0, 0.1) is 0 Å². The number of rotatable bonds is 6. The minimum atomic E-state index is -0.700. The molecule has 0 saturated carbocycles. The van der Waals surface area contributed by atoms with Gasteiger partial charge in [-0.05, 0) is 49.2 Å². The third-order valence-corrected chi connectivity index (χ3v) is 5.68. The first kappa shape index (κ1) is 23.1. The molecule has 0 radical (unpaired) electrons. The summed E-state index contributed by atoms with van der Waals surface area (Å²) in [5.41, 5.74) is 0.716. The number of anilines is 1. The Morgan fingerprint density at radius 1 is 0.941 bits per heavy atom. The maximum absolute atomic E-state index is 12.9. The van der Waals surface area contributed by atoms with Gasteiger partial charge < -0.3 is 19.5 Å². The number of carbonyl (C=O) groups excluding carboxylic acids is 5. The van der Waals surface area contributed by atoms with Crippen LogP contribution >= 0.6 is 0 Å². The van der Waals surface area contributed by atoms with E-state index in [1.54, 1.807) is 0 Å². The molecular formula is C24H22N2O8. The number of fused-ring (bicyclic) bond motifs is 1. The highest BCUT2D eigenvalue weighted by Gasteiger charge is 2.38. The molecule has 1 fully saturated rings. The molecule has 2 aromatic rings. The summed E-state index contributed by atoms with van der Waals surface area (Å²) in [6, 6.07) is 8.20. The molecule has 2 aliphatic heterocycles. The summed E-state index contributed by atoms with van der Waals surface area (Å²) in [5.74, 6) is -2.90. The number of carbonyl (C=O) groups is 5. The standard InChI is InChI=1S/C24H22N2O8/c1-32-23(30)14-8-15(24(31)33-2)10-16(9-14)25-20(27)13-5-6-18-19(11-13)22(29)26(21(18)28)12-17-4-3-7-34-17/h5-6,8-11,17H,3-4,7,12H2,1-2H3,(H,25,27). The molecule has 0 aliphatic carbocycles. The fraction of sp³-hybridized carbons (Fsp3) is 0.292. The van der Waals surface area contributed by atoms with Crippen molar-refractivity contribution < 1.29 is 38.2 Å². The lowest BCUT2D eigenvalue weighted by Crippen LogP contribution is -2.36. The van der Waals surface area contributed by atoms with E-state index in [9.17, 15) is 24.0 Å². The zero-order valence-corrected chi connectivity index (χ0v) is 18.6. The zero-order valence-electron chi connectivity index (χ0n) is 18.6. The lowest BCUT2D eigenvalue weighted by atomic mass is 10.0. The number of ether oxygens (including phenoxy) is 3. The van der Waals surface area contributed by atoms with Crippen molar-refractivity contribution in [2.24, 2.45) is 0 Å². The fourth-order valence-corrected chi connectivity index (χ4v) is 3.96. The number of esters is 2. The summed E-state index contributed by atoms with van der Waals surface area (Å²) in [7, 11) is 2.38. The summed E-state index contributed by atoms with van der Waals surface area (Å²) in [4.78, 5) is 63.5. The van der Waals surface area contributed by atoms with E-state index in [0.29, 0.717) is 6.61 Å². The number of hydrogen-bond acceptors (Lipinski definition) is 8. The number of imide groups is 1. The highest BCUT2D eigenvalue weighted by atomic mass is 16.5. The number of hydrogen-bond donors (Lipinski definition) is 1. The number of methoxy groups -OCH3 is 2. The number of benzene rings is 2. The Hall–Kier alpha value is -4.05. The second-order valence-electron chi connectivity index (χ2n) is 7.85. The largest absolute Gasteiger partial charge is 0.465 e. The lowest BCUT2D eigenvalue weighted by molar-refractivity contribution is 0.0474. The predicted molar refractivity (Wildman–Crippen MR) is 118 cm³/mol. The van der Waals surface area contributed by atoms with Crippen LogP contribution in [0.1, 0.15) is 64.6 Å². The maximum Gasteiger partial charge on any atom is 0.337 e. The molecule has 0 spiro atoms. The normalized spacial score (nSPS) is 16.9. The van der Waals surface area contributed by atoms with E-state index >= 15 is 0 Å². The number of nitrogens with one attached hydrogen (secondary N) is 1. The van der Waals surface area contributed by atoms with Crippen molar-refractivity contribution in [3.8, 4) is 0 Å². The van der Waals surface area contributed by atoms with Gasteiger partial charge in [0.25, 0.3) is 17.7 Å². The first-order valence-corrected chi connectivity index (χ1v) is 10.6. The molecule has 0 aromatic heterocycles. The predicted octanol–water partition coefficient (Wildman–Crippen LogP) is 2.29. The van der Waals surface area contributed by atoms with Crippen LogP contribution < -0.4 is 5.32 Å². The summed E-state index contributed by atoms with van der Waals surface area (Å²) in [5, 5.41) is 2.60. The van der Waals surface area contributed by atoms with Crippen molar-refractivity contribution in [2.75, 3.05) is 32.7 Å². The van der Waals surface area contributed by atoms with Crippen LogP contribution in [0.2, 0.25) is 0 Å². The Labute approximate surface area is 194 Å². The van der Waals surface area contributed by atoms with Crippen molar-refractivity contribution in [1.29, 1.82) is 0 Å². The SMILES string of the molecule is COC(=O)c1cc(NC(=O)c2ccc3c(c2)C(=O)N(CC2CCCO2)C3=O)cc(C(=O)OC)c1. The molecule has 176 valence electrons. The Morgan fingerprint density at radius 3 is 2.18 bits per heavy atom. The van der Waals surface area contributed by atoms with Gasteiger partial charge in [-0.25, -0.2) is 9.59 Å². The van der Waals surface area contributed by atoms with Crippen LogP contribution in [0.4, 0.5) is 5.69 Å². The first-order chi connectivity index (χ1) is 16.3. The quantitative estimate of drug-likeness (QED) is 0.507. The summed E-state index contributed by atoms with van der Waals surface area (Å²) in [6.45, 7) is 0.775. The minimum absolute atomic E-state index is 0.0419. The van der Waals surface area contributed by atoms with Crippen LogP contribution in [0.25, 0.3) is 0 Å².